The van der Waals surface area contributed by atoms with E-state index in [-0.39, 0.29) is 30.8 Å². The highest BCUT2D eigenvalue weighted by atomic mass is 16.9. The smallest absolute Gasteiger partial charge is 0.310 e. The molecular formula is C30H42N2O8. The van der Waals surface area contributed by atoms with E-state index < -0.39 is 40.7 Å². The van der Waals surface area contributed by atoms with Crippen molar-refractivity contribution >= 4 is 11.9 Å². The average Bonchev–Trinajstić information content (AvgIpc) is 3.66. The highest BCUT2D eigenvalue weighted by Gasteiger charge is 2.55. The number of rotatable bonds is 17. The highest BCUT2D eigenvalue weighted by molar-refractivity contribution is 5.76. The maximum Gasteiger partial charge on any atom is 0.310 e. The van der Waals surface area contributed by atoms with Crippen molar-refractivity contribution in [2.75, 3.05) is 13.2 Å². The fourth-order valence-electron chi connectivity index (χ4n) is 5.81. The summed E-state index contributed by atoms with van der Waals surface area (Å²) in [4.78, 5) is 39.9. The maximum atomic E-state index is 13.2. The molecule has 2 aliphatic rings. The SMILES string of the molecule is C=CC(CCc1ccccc1)(OC(=O)C1CC1CO[N+](=O)[O-])[C@@H]1[C@@H](CC=CCCCC(=O)NCC)[C@@H](O)C[C@H]1O. The van der Waals surface area contributed by atoms with Crippen LogP contribution in [0.3, 0.4) is 0 Å². The second-order valence-electron chi connectivity index (χ2n) is 10.8. The van der Waals surface area contributed by atoms with Crippen molar-refractivity contribution < 1.29 is 34.5 Å². The third-order valence-corrected chi connectivity index (χ3v) is 8.04. The Labute approximate surface area is 235 Å². The Balaban J connectivity index is 1.74. The lowest BCUT2D eigenvalue weighted by Crippen LogP contribution is -2.48. The number of nitrogens with one attached hydrogen (secondary N) is 1. The molecule has 2 fully saturated rings. The monoisotopic (exact) mass is 558 g/mol. The van der Waals surface area contributed by atoms with Crippen LogP contribution in [-0.2, 0) is 25.6 Å². The minimum absolute atomic E-state index is 0.0177. The van der Waals surface area contributed by atoms with Gasteiger partial charge >= 0.3 is 5.97 Å². The molecule has 3 rings (SSSR count). The van der Waals surface area contributed by atoms with E-state index in [1.54, 1.807) is 6.08 Å². The summed E-state index contributed by atoms with van der Waals surface area (Å²) in [6.07, 6.45) is 7.60. The van der Waals surface area contributed by atoms with Crippen molar-refractivity contribution in [1.29, 1.82) is 0 Å². The zero-order valence-electron chi connectivity index (χ0n) is 23.2. The summed E-state index contributed by atoms with van der Waals surface area (Å²) < 4.78 is 6.18. The fourth-order valence-corrected chi connectivity index (χ4v) is 5.81. The topological polar surface area (TPSA) is 148 Å². The second-order valence-corrected chi connectivity index (χ2v) is 10.8. The molecule has 10 nitrogen and oxygen atoms in total. The molecule has 1 amide bonds. The molecule has 2 saturated carbocycles. The van der Waals surface area contributed by atoms with Crippen molar-refractivity contribution in [2.24, 2.45) is 23.7 Å². The number of allylic oxidation sites excluding steroid dienone is 2. The van der Waals surface area contributed by atoms with Gasteiger partial charge in [0, 0.05) is 18.9 Å². The number of aliphatic hydroxyl groups excluding tert-OH is 2. The Morgan fingerprint density at radius 2 is 1.95 bits per heavy atom. The van der Waals surface area contributed by atoms with Crippen LogP contribution >= 0.6 is 0 Å². The molecule has 1 aromatic carbocycles. The van der Waals surface area contributed by atoms with Gasteiger partial charge in [-0.1, -0.05) is 49.1 Å². The van der Waals surface area contributed by atoms with E-state index in [1.165, 1.54) is 0 Å². The van der Waals surface area contributed by atoms with Crippen LogP contribution in [0.1, 0.15) is 57.4 Å². The van der Waals surface area contributed by atoms with Gasteiger partial charge in [-0.25, -0.2) is 0 Å². The number of hydrogen-bond acceptors (Lipinski definition) is 8. The molecule has 0 saturated heterocycles. The molecular weight excluding hydrogens is 516 g/mol. The summed E-state index contributed by atoms with van der Waals surface area (Å²) in [6, 6.07) is 9.72. The molecule has 3 unspecified atom stereocenters. The van der Waals surface area contributed by atoms with E-state index >= 15 is 0 Å². The lowest BCUT2D eigenvalue weighted by Gasteiger charge is -2.41. The maximum absolute atomic E-state index is 13.2. The van der Waals surface area contributed by atoms with Crippen LogP contribution in [0.4, 0.5) is 0 Å². The summed E-state index contributed by atoms with van der Waals surface area (Å²) in [5.41, 5.74) is -0.220. The molecule has 0 heterocycles. The van der Waals surface area contributed by atoms with E-state index in [4.69, 9.17) is 4.74 Å². The van der Waals surface area contributed by atoms with Crippen molar-refractivity contribution in [1.82, 2.24) is 5.32 Å². The van der Waals surface area contributed by atoms with Crippen molar-refractivity contribution in [3.63, 3.8) is 0 Å². The lowest BCUT2D eigenvalue weighted by molar-refractivity contribution is -0.758. The van der Waals surface area contributed by atoms with E-state index in [2.05, 4.69) is 16.7 Å². The third kappa shape index (κ3) is 8.63. The first-order valence-corrected chi connectivity index (χ1v) is 14.2. The third-order valence-electron chi connectivity index (χ3n) is 8.04. The number of esters is 1. The molecule has 0 spiro atoms. The van der Waals surface area contributed by atoms with Crippen LogP contribution < -0.4 is 5.32 Å². The first-order chi connectivity index (χ1) is 19.2. The van der Waals surface area contributed by atoms with Gasteiger partial charge in [-0.3, -0.25) is 9.59 Å². The first-order valence-electron chi connectivity index (χ1n) is 14.2. The average molecular weight is 559 g/mol. The number of carbonyl (C=O) groups excluding carboxylic acids is 2. The molecule has 0 aliphatic heterocycles. The van der Waals surface area contributed by atoms with Crippen LogP contribution in [0.5, 0.6) is 0 Å². The number of aryl methyl sites for hydroxylation is 1. The summed E-state index contributed by atoms with van der Waals surface area (Å²) in [5.74, 6) is -2.29. The first kappa shape index (κ1) is 31.3. The lowest BCUT2D eigenvalue weighted by atomic mass is 9.74. The Morgan fingerprint density at radius 3 is 2.62 bits per heavy atom. The van der Waals surface area contributed by atoms with Gasteiger partial charge in [0.25, 0.3) is 5.09 Å². The quantitative estimate of drug-likeness (QED) is 0.0865. The number of unbranched alkanes of at least 4 members (excludes halogenated alkanes) is 1. The Morgan fingerprint density at radius 1 is 1.20 bits per heavy atom. The number of amides is 1. The standard InChI is InChI=1S/C30H42N2O8/c1-3-30(17-16-21-12-8-7-9-13-21,40-29(36)24-18-22(24)20-39-32(37)38)28-23(25(33)19-26(28)34)14-10-5-6-11-15-27(35)31-4-2/h3,5,7-10,12-13,22-26,28,33-34H,1,4,6,11,14-20H2,2H3,(H,31,35)/t22?,23-,24?,25-,26+,28+,30?/m0/s1. The molecule has 1 aromatic rings. The normalized spacial score (nSPS) is 27.1. The summed E-state index contributed by atoms with van der Waals surface area (Å²) in [6.45, 7) is 6.32. The number of benzene rings is 1. The molecule has 3 N–H and O–H groups in total. The minimum atomic E-state index is -1.25. The van der Waals surface area contributed by atoms with E-state index in [1.807, 2.05) is 49.4 Å². The second kappa shape index (κ2) is 14.9. The molecule has 0 radical (unpaired) electrons. The number of carbonyl (C=O) groups is 2. The van der Waals surface area contributed by atoms with Crippen molar-refractivity contribution in [3.8, 4) is 0 Å². The fraction of sp³-hybridized carbons (Fsp3) is 0.600. The van der Waals surface area contributed by atoms with Crippen molar-refractivity contribution in [3.05, 3.63) is 70.8 Å². The van der Waals surface area contributed by atoms with Gasteiger partial charge < -0.3 is 25.1 Å². The molecule has 10 heteroatoms. The summed E-state index contributed by atoms with van der Waals surface area (Å²) >= 11 is 0. The minimum Gasteiger partial charge on any atom is -0.454 e. The zero-order chi connectivity index (χ0) is 29.1. The Kier molecular flexibility index (Phi) is 11.7. The summed E-state index contributed by atoms with van der Waals surface area (Å²) in [7, 11) is 0. The van der Waals surface area contributed by atoms with Gasteiger partial charge in [-0.2, -0.15) is 0 Å². The van der Waals surface area contributed by atoms with Gasteiger partial charge in [0.05, 0.1) is 18.1 Å². The van der Waals surface area contributed by atoms with Gasteiger partial charge in [-0.05, 0) is 75.3 Å². The van der Waals surface area contributed by atoms with Gasteiger partial charge in [0.15, 0.2) is 0 Å². The number of nitrogens with zero attached hydrogens (tertiary/aromatic N) is 1. The Bertz CT molecular complexity index is 1030. The predicted octanol–water partition coefficient (Wildman–Crippen LogP) is 3.54. The summed E-state index contributed by atoms with van der Waals surface area (Å²) in [5, 5.41) is 34.5. The molecule has 220 valence electrons. The molecule has 0 bridgehead atoms. The van der Waals surface area contributed by atoms with Crippen LogP contribution in [0, 0.1) is 33.8 Å². The zero-order valence-corrected chi connectivity index (χ0v) is 23.2. The van der Waals surface area contributed by atoms with Crippen LogP contribution in [0.25, 0.3) is 0 Å². The van der Waals surface area contributed by atoms with Gasteiger partial charge in [-0.15, -0.1) is 10.1 Å². The predicted molar refractivity (Wildman–Crippen MR) is 148 cm³/mol. The molecule has 2 aliphatic carbocycles. The molecule has 7 atom stereocenters. The van der Waals surface area contributed by atoms with Gasteiger partial charge in [0.1, 0.15) is 12.2 Å². The van der Waals surface area contributed by atoms with E-state index in [0.29, 0.717) is 51.5 Å². The molecule has 0 aromatic heterocycles. The largest absolute Gasteiger partial charge is 0.454 e. The number of aliphatic hydroxyl groups is 2. The van der Waals surface area contributed by atoms with Crippen LogP contribution in [0.2, 0.25) is 0 Å². The van der Waals surface area contributed by atoms with Crippen LogP contribution in [-0.4, -0.2) is 58.1 Å². The Hall–Kier alpha value is -3.24. The van der Waals surface area contributed by atoms with Crippen LogP contribution in [0.15, 0.2) is 55.1 Å². The van der Waals surface area contributed by atoms with E-state index in [9.17, 15) is 29.9 Å². The molecule has 40 heavy (non-hydrogen) atoms. The number of ether oxygens (including phenoxy) is 1. The van der Waals surface area contributed by atoms with Crippen molar-refractivity contribution in [2.45, 2.75) is 76.1 Å². The van der Waals surface area contributed by atoms with E-state index in [0.717, 1.165) is 5.56 Å². The highest BCUT2D eigenvalue weighted by Crippen LogP contribution is 2.48. The van der Waals surface area contributed by atoms with Gasteiger partial charge in [0.2, 0.25) is 5.91 Å². The number of hydrogen-bond donors (Lipinski definition) is 3.